The molecule has 1 unspecified atom stereocenters. The average Bonchev–Trinajstić information content (AvgIpc) is 2.73. The second-order valence-corrected chi connectivity index (χ2v) is 6.62. The Kier molecular flexibility index (Phi) is 5.19. The van der Waals surface area contributed by atoms with Gasteiger partial charge in [-0.3, -0.25) is 4.79 Å². The molecule has 1 amide bonds. The van der Waals surface area contributed by atoms with E-state index in [9.17, 15) is 9.90 Å². The van der Waals surface area contributed by atoms with E-state index in [-0.39, 0.29) is 12.3 Å². The highest BCUT2D eigenvalue weighted by Crippen LogP contribution is 2.27. The maximum absolute atomic E-state index is 12.8. The molecular weight excluding hydrogens is 324 g/mol. The Hall–Kier alpha value is -1.88. The molecule has 126 valence electrons. The van der Waals surface area contributed by atoms with Gasteiger partial charge in [-0.25, -0.2) is 0 Å². The van der Waals surface area contributed by atoms with Gasteiger partial charge in [-0.15, -0.1) is 0 Å². The van der Waals surface area contributed by atoms with Crippen molar-refractivity contribution < 1.29 is 9.90 Å². The Morgan fingerprint density at radius 2 is 1.88 bits per heavy atom. The van der Waals surface area contributed by atoms with Gasteiger partial charge in [0.2, 0.25) is 5.91 Å². The van der Waals surface area contributed by atoms with Gasteiger partial charge in [0.15, 0.2) is 0 Å². The number of amides is 1. The maximum atomic E-state index is 12.8. The van der Waals surface area contributed by atoms with Crippen LogP contribution in [0.25, 0.3) is 0 Å². The number of likely N-dealkylation sites (N-methyl/N-ethyl adjacent to an activating group) is 1. The Balaban J connectivity index is 1.78. The molecule has 24 heavy (non-hydrogen) atoms. The van der Waals surface area contributed by atoms with Gasteiger partial charge in [-0.1, -0.05) is 41.9 Å². The number of fused-ring (bicyclic) bond motifs is 1. The zero-order valence-corrected chi connectivity index (χ0v) is 14.4. The molecule has 0 saturated carbocycles. The van der Waals surface area contributed by atoms with Crippen LogP contribution >= 0.6 is 11.6 Å². The van der Waals surface area contributed by atoms with Crippen LogP contribution in [0.2, 0.25) is 5.02 Å². The van der Waals surface area contributed by atoms with Crippen molar-refractivity contribution in [2.75, 3.05) is 25.0 Å². The summed E-state index contributed by atoms with van der Waals surface area (Å²) in [4.78, 5) is 16.8. The van der Waals surface area contributed by atoms with Crippen molar-refractivity contribution >= 4 is 23.2 Å². The molecule has 2 aromatic rings. The van der Waals surface area contributed by atoms with Crippen LogP contribution in [-0.2, 0) is 11.3 Å². The highest BCUT2D eigenvalue weighted by atomic mass is 35.5. The summed E-state index contributed by atoms with van der Waals surface area (Å²) in [5.41, 5.74) is 2.77. The molecule has 1 heterocycles. The quantitative estimate of drug-likeness (QED) is 0.929. The lowest BCUT2D eigenvalue weighted by Gasteiger charge is -2.24. The van der Waals surface area contributed by atoms with Crippen LogP contribution in [0.5, 0.6) is 0 Å². The lowest BCUT2D eigenvalue weighted by Crippen LogP contribution is -2.35. The van der Waals surface area contributed by atoms with Crippen LogP contribution in [0.4, 0.5) is 5.69 Å². The Bertz CT molecular complexity index is 718. The average molecular weight is 345 g/mol. The summed E-state index contributed by atoms with van der Waals surface area (Å²) in [6.45, 7) is 2.25. The molecule has 5 heteroatoms. The van der Waals surface area contributed by atoms with Crippen molar-refractivity contribution in [2.45, 2.75) is 19.1 Å². The molecule has 4 nitrogen and oxygen atoms in total. The fourth-order valence-corrected chi connectivity index (χ4v) is 3.13. The van der Waals surface area contributed by atoms with Gasteiger partial charge in [-0.05, 0) is 36.4 Å². The van der Waals surface area contributed by atoms with Gasteiger partial charge in [0.25, 0.3) is 0 Å². The second kappa shape index (κ2) is 7.34. The molecule has 1 aliphatic rings. The van der Waals surface area contributed by atoms with Crippen molar-refractivity contribution in [1.29, 1.82) is 0 Å². The number of aliphatic hydroxyl groups is 1. The molecule has 2 aromatic carbocycles. The summed E-state index contributed by atoms with van der Waals surface area (Å²) in [6, 6.07) is 14.9. The third kappa shape index (κ3) is 3.78. The van der Waals surface area contributed by atoms with Gasteiger partial charge >= 0.3 is 0 Å². The number of carbonyl (C=O) groups is 1. The van der Waals surface area contributed by atoms with Crippen molar-refractivity contribution in [2.24, 2.45) is 0 Å². The molecule has 0 aliphatic carbocycles. The first-order valence-electron chi connectivity index (χ1n) is 8.05. The van der Waals surface area contributed by atoms with Gasteiger partial charge in [0.05, 0.1) is 12.5 Å². The first-order chi connectivity index (χ1) is 11.5. The number of halogens is 1. The lowest BCUT2D eigenvalue weighted by atomic mass is 10.1. The van der Waals surface area contributed by atoms with Crippen LogP contribution in [0.1, 0.15) is 23.7 Å². The summed E-state index contributed by atoms with van der Waals surface area (Å²) in [5, 5.41) is 11.0. The van der Waals surface area contributed by atoms with Crippen LogP contribution in [0.15, 0.2) is 48.5 Å². The molecule has 0 saturated heterocycles. The standard InChI is InChI=1S/C19H21ClN2O2/c1-21-10-11-22(17-5-3-2-4-15(17)13-21)19(24)12-18(23)14-6-8-16(20)9-7-14/h2-9,18,23H,10-13H2,1H3. The van der Waals surface area contributed by atoms with Crippen LogP contribution < -0.4 is 4.90 Å². The SMILES string of the molecule is CN1CCN(C(=O)CC(O)c2ccc(Cl)cc2)c2ccccc2C1. The smallest absolute Gasteiger partial charge is 0.229 e. The number of hydrogen-bond donors (Lipinski definition) is 1. The fraction of sp³-hybridized carbons (Fsp3) is 0.316. The predicted octanol–water partition coefficient (Wildman–Crippen LogP) is 3.24. The number of aliphatic hydroxyl groups excluding tert-OH is 1. The minimum Gasteiger partial charge on any atom is -0.388 e. The van der Waals surface area contributed by atoms with E-state index in [0.717, 1.165) is 24.3 Å². The molecule has 0 radical (unpaired) electrons. The Labute approximate surface area is 147 Å². The van der Waals surface area contributed by atoms with E-state index < -0.39 is 6.10 Å². The lowest BCUT2D eigenvalue weighted by molar-refractivity contribution is -0.120. The zero-order chi connectivity index (χ0) is 17.1. The number of para-hydroxylation sites is 1. The zero-order valence-electron chi connectivity index (χ0n) is 13.7. The number of carbonyl (C=O) groups excluding carboxylic acids is 1. The summed E-state index contributed by atoms with van der Waals surface area (Å²) >= 11 is 5.87. The van der Waals surface area contributed by atoms with E-state index in [1.54, 1.807) is 29.2 Å². The molecule has 0 aromatic heterocycles. The summed E-state index contributed by atoms with van der Waals surface area (Å²) in [5.74, 6) is -0.0693. The molecule has 1 N–H and O–H groups in total. The van der Waals surface area contributed by atoms with E-state index >= 15 is 0 Å². The molecule has 0 fully saturated rings. The number of nitrogens with zero attached hydrogens (tertiary/aromatic N) is 2. The van der Waals surface area contributed by atoms with E-state index in [4.69, 9.17) is 11.6 Å². The predicted molar refractivity (Wildman–Crippen MR) is 96.2 cm³/mol. The summed E-state index contributed by atoms with van der Waals surface area (Å²) in [7, 11) is 2.05. The monoisotopic (exact) mass is 344 g/mol. The largest absolute Gasteiger partial charge is 0.388 e. The molecule has 1 aliphatic heterocycles. The van der Waals surface area contributed by atoms with Crippen molar-refractivity contribution in [3.8, 4) is 0 Å². The van der Waals surface area contributed by atoms with Gasteiger partial charge < -0.3 is 14.9 Å². The van der Waals surface area contributed by atoms with E-state index in [2.05, 4.69) is 4.90 Å². The number of hydrogen-bond acceptors (Lipinski definition) is 3. The molecule has 0 spiro atoms. The summed E-state index contributed by atoms with van der Waals surface area (Å²) < 4.78 is 0. The molecular formula is C19H21ClN2O2. The minimum absolute atomic E-state index is 0.0552. The fourth-order valence-electron chi connectivity index (χ4n) is 3.01. The highest BCUT2D eigenvalue weighted by Gasteiger charge is 2.24. The van der Waals surface area contributed by atoms with Gasteiger partial charge in [0, 0.05) is 30.3 Å². The highest BCUT2D eigenvalue weighted by molar-refractivity contribution is 6.30. The van der Waals surface area contributed by atoms with Crippen LogP contribution in [0, 0.1) is 0 Å². The first-order valence-corrected chi connectivity index (χ1v) is 8.43. The van der Waals surface area contributed by atoms with Crippen LogP contribution in [0.3, 0.4) is 0 Å². The number of rotatable bonds is 3. The molecule has 0 bridgehead atoms. The second-order valence-electron chi connectivity index (χ2n) is 6.18. The van der Waals surface area contributed by atoms with E-state index in [1.807, 2.05) is 31.3 Å². The summed E-state index contributed by atoms with van der Waals surface area (Å²) in [6.07, 6.45) is -0.775. The van der Waals surface area contributed by atoms with Crippen molar-refractivity contribution in [1.82, 2.24) is 4.90 Å². The first kappa shape index (κ1) is 17.0. The van der Waals surface area contributed by atoms with Crippen molar-refractivity contribution in [3.63, 3.8) is 0 Å². The Morgan fingerprint density at radius 3 is 2.62 bits per heavy atom. The molecule has 1 atom stereocenters. The number of anilines is 1. The van der Waals surface area contributed by atoms with Crippen LogP contribution in [-0.4, -0.2) is 36.1 Å². The Morgan fingerprint density at radius 1 is 1.17 bits per heavy atom. The normalized spacial score (nSPS) is 16.4. The number of benzene rings is 2. The van der Waals surface area contributed by atoms with E-state index in [0.29, 0.717) is 17.1 Å². The minimum atomic E-state index is -0.831. The third-order valence-electron chi connectivity index (χ3n) is 4.35. The van der Waals surface area contributed by atoms with Gasteiger partial charge in [-0.2, -0.15) is 0 Å². The van der Waals surface area contributed by atoms with Crippen molar-refractivity contribution in [3.05, 3.63) is 64.7 Å². The topological polar surface area (TPSA) is 43.8 Å². The third-order valence-corrected chi connectivity index (χ3v) is 4.60. The van der Waals surface area contributed by atoms with E-state index in [1.165, 1.54) is 0 Å². The van der Waals surface area contributed by atoms with Gasteiger partial charge in [0.1, 0.15) is 0 Å². The maximum Gasteiger partial charge on any atom is 0.229 e. The molecule has 3 rings (SSSR count).